The predicted octanol–water partition coefficient (Wildman–Crippen LogP) is 0.980. The Morgan fingerprint density at radius 1 is 1.40 bits per heavy atom. The third-order valence-electron chi connectivity index (χ3n) is 2.76. The van der Waals surface area contributed by atoms with Gasteiger partial charge in [0.05, 0.1) is 16.8 Å². The van der Waals surface area contributed by atoms with E-state index >= 15 is 0 Å². The molecule has 0 aliphatic rings. The maximum absolute atomic E-state index is 12.0. The maximum atomic E-state index is 12.0. The van der Waals surface area contributed by atoms with E-state index in [1.54, 1.807) is 7.05 Å². The average Bonchev–Trinajstić information content (AvgIpc) is 3.03. The van der Waals surface area contributed by atoms with Gasteiger partial charge >= 0.3 is 5.69 Å². The Morgan fingerprint density at radius 3 is 2.90 bits per heavy atom. The van der Waals surface area contributed by atoms with E-state index in [1.807, 2.05) is 24.3 Å². The van der Waals surface area contributed by atoms with Crippen LogP contribution in [0.5, 0.6) is 0 Å². The SMILES string of the molecule is CN(Cc1nc2ccccc2s1)C(=O)c1n[nH]c(=O)[nH]1. The number of hydrogen-bond donors (Lipinski definition) is 2. The van der Waals surface area contributed by atoms with Crippen molar-refractivity contribution < 1.29 is 4.79 Å². The van der Waals surface area contributed by atoms with E-state index in [-0.39, 0.29) is 11.7 Å². The van der Waals surface area contributed by atoms with Crippen molar-refractivity contribution in [2.24, 2.45) is 0 Å². The Hall–Kier alpha value is -2.48. The van der Waals surface area contributed by atoms with E-state index < -0.39 is 5.69 Å². The number of hydrogen-bond acceptors (Lipinski definition) is 5. The van der Waals surface area contributed by atoms with Gasteiger partial charge in [0.25, 0.3) is 5.91 Å². The summed E-state index contributed by atoms with van der Waals surface area (Å²) in [5.41, 5.74) is 0.420. The van der Waals surface area contributed by atoms with Gasteiger partial charge < -0.3 is 4.90 Å². The van der Waals surface area contributed by atoms with Crippen molar-refractivity contribution in [3.8, 4) is 0 Å². The minimum Gasteiger partial charge on any atom is -0.332 e. The van der Waals surface area contributed by atoms with E-state index in [9.17, 15) is 9.59 Å². The molecule has 2 heterocycles. The fraction of sp³-hybridized carbons (Fsp3) is 0.167. The molecule has 0 atom stereocenters. The van der Waals surface area contributed by atoms with Gasteiger partial charge in [0.15, 0.2) is 0 Å². The van der Waals surface area contributed by atoms with E-state index in [0.717, 1.165) is 15.2 Å². The van der Waals surface area contributed by atoms with Crippen LogP contribution >= 0.6 is 11.3 Å². The molecule has 0 bridgehead atoms. The summed E-state index contributed by atoms with van der Waals surface area (Å²) in [5, 5.41) is 6.62. The fourth-order valence-corrected chi connectivity index (χ4v) is 2.84. The molecule has 7 nitrogen and oxygen atoms in total. The number of H-pyrrole nitrogens is 2. The Labute approximate surface area is 117 Å². The summed E-state index contributed by atoms with van der Waals surface area (Å²) >= 11 is 1.54. The normalized spacial score (nSPS) is 10.8. The number of aromatic nitrogens is 4. The number of carbonyl (C=O) groups excluding carboxylic acids is 1. The first-order valence-corrected chi connectivity index (χ1v) is 6.70. The highest BCUT2D eigenvalue weighted by molar-refractivity contribution is 7.18. The van der Waals surface area contributed by atoms with Crippen LogP contribution in [0.25, 0.3) is 10.2 Å². The van der Waals surface area contributed by atoms with Crippen molar-refractivity contribution in [2.75, 3.05) is 7.05 Å². The summed E-state index contributed by atoms with van der Waals surface area (Å²) in [4.78, 5) is 31.2. The number of para-hydroxylation sites is 1. The lowest BCUT2D eigenvalue weighted by Gasteiger charge is -2.13. The monoisotopic (exact) mass is 289 g/mol. The van der Waals surface area contributed by atoms with Crippen LogP contribution in [0.3, 0.4) is 0 Å². The van der Waals surface area contributed by atoms with Crippen molar-refractivity contribution in [3.63, 3.8) is 0 Å². The van der Waals surface area contributed by atoms with Crippen LogP contribution in [-0.2, 0) is 6.54 Å². The highest BCUT2D eigenvalue weighted by Gasteiger charge is 2.17. The molecular weight excluding hydrogens is 278 g/mol. The summed E-state index contributed by atoms with van der Waals surface area (Å²) in [7, 11) is 1.64. The third kappa shape index (κ3) is 2.32. The molecule has 0 aliphatic heterocycles. The number of amides is 1. The predicted molar refractivity (Wildman–Crippen MR) is 74.6 cm³/mol. The lowest BCUT2D eigenvalue weighted by molar-refractivity contribution is 0.0773. The first-order chi connectivity index (χ1) is 9.63. The molecule has 0 unspecified atom stereocenters. The number of fused-ring (bicyclic) bond motifs is 1. The molecule has 1 amide bonds. The highest BCUT2D eigenvalue weighted by Crippen LogP contribution is 2.22. The Kier molecular flexibility index (Phi) is 3.07. The van der Waals surface area contributed by atoms with E-state index in [2.05, 4.69) is 20.2 Å². The first-order valence-electron chi connectivity index (χ1n) is 5.88. The van der Waals surface area contributed by atoms with Crippen molar-refractivity contribution in [1.82, 2.24) is 25.1 Å². The maximum Gasteiger partial charge on any atom is 0.341 e. The van der Waals surface area contributed by atoms with Crippen LogP contribution in [0, 0.1) is 0 Å². The lowest BCUT2D eigenvalue weighted by Crippen LogP contribution is -2.27. The molecule has 0 saturated heterocycles. The zero-order chi connectivity index (χ0) is 14.1. The number of nitrogens with zero attached hydrogens (tertiary/aromatic N) is 3. The van der Waals surface area contributed by atoms with Crippen LogP contribution in [0.1, 0.15) is 15.6 Å². The second-order valence-electron chi connectivity index (χ2n) is 4.26. The van der Waals surface area contributed by atoms with Gasteiger partial charge in [0.2, 0.25) is 5.82 Å². The second kappa shape index (κ2) is 4.89. The van der Waals surface area contributed by atoms with Gasteiger partial charge in [-0.1, -0.05) is 12.1 Å². The topological polar surface area (TPSA) is 94.7 Å². The zero-order valence-corrected chi connectivity index (χ0v) is 11.4. The number of aromatic amines is 2. The van der Waals surface area contributed by atoms with E-state index in [4.69, 9.17) is 0 Å². The molecule has 0 spiro atoms. The van der Waals surface area contributed by atoms with Crippen molar-refractivity contribution in [1.29, 1.82) is 0 Å². The van der Waals surface area contributed by atoms with Gasteiger partial charge in [0, 0.05) is 7.05 Å². The molecule has 2 aromatic heterocycles. The van der Waals surface area contributed by atoms with Gasteiger partial charge in [-0.3, -0.25) is 9.78 Å². The average molecular weight is 289 g/mol. The van der Waals surface area contributed by atoms with E-state index in [0.29, 0.717) is 6.54 Å². The Morgan fingerprint density at radius 2 is 2.20 bits per heavy atom. The summed E-state index contributed by atoms with van der Waals surface area (Å²) < 4.78 is 1.08. The van der Waals surface area contributed by atoms with Crippen LogP contribution in [0.4, 0.5) is 0 Å². The van der Waals surface area contributed by atoms with Crippen molar-refractivity contribution >= 4 is 27.5 Å². The first kappa shape index (κ1) is 12.5. The lowest BCUT2D eigenvalue weighted by atomic mass is 10.3. The quantitative estimate of drug-likeness (QED) is 0.751. The van der Waals surface area contributed by atoms with Gasteiger partial charge in [-0.2, -0.15) is 0 Å². The summed E-state index contributed by atoms with van der Waals surface area (Å²) in [6.45, 7) is 0.368. The smallest absolute Gasteiger partial charge is 0.332 e. The highest BCUT2D eigenvalue weighted by atomic mass is 32.1. The van der Waals surface area contributed by atoms with Crippen LogP contribution < -0.4 is 5.69 Å². The fourth-order valence-electron chi connectivity index (χ4n) is 1.81. The molecule has 0 aliphatic carbocycles. The number of rotatable bonds is 3. The van der Waals surface area contributed by atoms with Gasteiger partial charge in [-0.05, 0) is 12.1 Å². The largest absolute Gasteiger partial charge is 0.341 e. The molecule has 3 rings (SSSR count). The zero-order valence-electron chi connectivity index (χ0n) is 10.6. The molecule has 3 aromatic rings. The summed E-state index contributed by atoms with van der Waals surface area (Å²) in [5.74, 6) is -0.360. The third-order valence-corrected chi connectivity index (χ3v) is 3.78. The molecule has 0 fully saturated rings. The molecular formula is C12H11N5O2S. The second-order valence-corrected chi connectivity index (χ2v) is 5.38. The Balaban J connectivity index is 1.79. The Bertz CT molecular complexity index is 785. The molecule has 0 saturated carbocycles. The minimum atomic E-state index is -0.498. The molecule has 8 heteroatoms. The van der Waals surface area contributed by atoms with Crippen molar-refractivity contribution in [2.45, 2.75) is 6.54 Å². The van der Waals surface area contributed by atoms with E-state index in [1.165, 1.54) is 16.2 Å². The molecule has 20 heavy (non-hydrogen) atoms. The standard InChI is InChI=1S/C12H11N5O2S/c1-17(11(18)10-14-12(19)16-15-10)6-9-13-7-4-2-3-5-8(7)20-9/h2-5H,6H2,1H3,(H2,14,15,16,19). The number of carbonyl (C=O) groups is 1. The van der Waals surface area contributed by atoms with Crippen LogP contribution in [0.15, 0.2) is 29.1 Å². The minimum absolute atomic E-state index is 0.00129. The number of thiazole rings is 1. The molecule has 102 valence electrons. The van der Waals surface area contributed by atoms with Crippen LogP contribution in [-0.4, -0.2) is 38.0 Å². The molecule has 2 N–H and O–H groups in total. The van der Waals surface area contributed by atoms with Gasteiger partial charge in [-0.15, -0.1) is 16.4 Å². The van der Waals surface area contributed by atoms with Crippen molar-refractivity contribution in [3.05, 3.63) is 45.6 Å². The van der Waals surface area contributed by atoms with Crippen LogP contribution in [0.2, 0.25) is 0 Å². The summed E-state index contributed by atoms with van der Waals surface area (Å²) in [6, 6.07) is 7.80. The summed E-state index contributed by atoms with van der Waals surface area (Å²) in [6.07, 6.45) is 0. The van der Waals surface area contributed by atoms with Gasteiger partial charge in [0.1, 0.15) is 5.01 Å². The number of benzene rings is 1. The molecule has 0 radical (unpaired) electrons. The number of nitrogens with one attached hydrogen (secondary N) is 2. The van der Waals surface area contributed by atoms with Gasteiger partial charge in [-0.25, -0.2) is 14.9 Å². The molecule has 1 aromatic carbocycles.